The molecule has 0 radical (unpaired) electrons. The van der Waals surface area contributed by atoms with E-state index in [2.05, 4.69) is 10.5 Å². The quantitative estimate of drug-likeness (QED) is 0.204. The number of carbonyl (C=O) groups excluding carboxylic acids is 1. The van der Waals surface area contributed by atoms with Gasteiger partial charge in [-0.3, -0.25) is 4.79 Å². The first kappa shape index (κ1) is 24.3. The average Bonchev–Trinajstić information content (AvgIpc) is 2.79. The fraction of sp³-hybridized carbons (Fsp3) is 0.130. The molecule has 0 saturated carbocycles. The Kier molecular flexibility index (Phi) is 9.11. The van der Waals surface area contributed by atoms with Crippen molar-refractivity contribution in [2.24, 2.45) is 5.10 Å². The van der Waals surface area contributed by atoms with Crippen LogP contribution in [0.2, 0.25) is 15.1 Å². The lowest BCUT2D eigenvalue weighted by Gasteiger charge is -2.13. The van der Waals surface area contributed by atoms with Gasteiger partial charge in [0.05, 0.1) is 24.1 Å². The van der Waals surface area contributed by atoms with Gasteiger partial charge in [-0.1, -0.05) is 46.9 Å². The zero-order valence-electron chi connectivity index (χ0n) is 17.0. The fourth-order valence-electron chi connectivity index (χ4n) is 2.58. The van der Waals surface area contributed by atoms with Crippen molar-refractivity contribution in [3.63, 3.8) is 0 Å². The van der Waals surface area contributed by atoms with Gasteiger partial charge < -0.3 is 9.47 Å². The highest BCUT2D eigenvalue weighted by Crippen LogP contribution is 2.36. The maximum atomic E-state index is 12.0. The zero-order chi connectivity index (χ0) is 22.9. The van der Waals surface area contributed by atoms with E-state index in [-0.39, 0.29) is 11.7 Å². The molecule has 0 saturated heterocycles. The van der Waals surface area contributed by atoms with Gasteiger partial charge in [-0.25, -0.2) is 5.43 Å². The number of nitrogens with zero attached hydrogens (tertiary/aromatic N) is 1. The maximum Gasteiger partial charge on any atom is 0.250 e. The van der Waals surface area contributed by atoms with Crippen LogP contribution < -0.4 is 14.9 Å². The number of ether oxygens (including phenoxy) is 2. The van der Waals surface area contributed by atoms with Crippen molar-refractivity contribution in [3.05, 3.63) is 86.9 Å². The van der Waals surface area contributed by atoms with E-state index in [1.54, 1.807) is 36.4 Å². The SMILES string of the molecule is COc1cc(/C=N\NC(=O)CSc2ccc(Cl)cc2)cc(Cl)c1OCc1ccc(Cl)cc1. The molecule has 0 fully saturated rings. The van der Waals surface area contributed by atoms with Crippen molar-refractivity contribution >= 4 is 58.7 Å². The van der Waals surface area contributed by atoms with Gasteiger partial charge in [0.1, 0.15) is 6.61 Å². The van der Waals surface area contributed by atoms with Crippen LogP contribution in [0, 0.1) is 0 Å². The summed E-state index contributed by atoms with van der Waals surface area (Å²) in [6, 6.07) is 18.0. The van der Waals surface area contributed by atoms with Crippen LogP contribution in [-0.2, 0) is 11.4 Å². The van der Waals surface area contributed by atoms with E-state index in [9.17, 15) is 4.79 Å². The van der Waals surface area contributed by atoms with Gasteiger partial charge in [-0.2, -0.15) is 5.10 Å². The van der Waals surface area contributed by atoms with E-state index in [4.69, 9.17) is 44.3 Å². The number of benzene rings is 3. The Morgan fingerprint density at radius 2 is 1.69 bits per heavy atom. The summed E-state index contributed by atoms with van der Waals surface area (Å²) in [4.78, 5) is 13.0. The number of methoxy groups -OCH3 is 1. The van der Waals surface area contributed by atoms with Crippen LogP contribution in [0.4, 0.5) is 0 Å². The highest BCUT2D eigenvalue weighted by Gasteiger charge is 2.12. The van der Waals surface area contributed by atoms with Crippen LogP contribution in [0.15, 0.2) is 70.7 Å². The predicted octanol–water partition coefficient (Wildman–Crippen LogP) is 6.48. The second-order valence-electron chi connectivity index (χ2n) is 6.49. The normalized spacial score (nSPS) is 10.9. The molecular weight excluding hydrogens is 491 g/mol. The van der Waals surface area contributed by atoms with Gasteiger partial charge in [-0.05, 0) is 59.7 Å². The molecule has 1 N–H and O–H groups in total. The molecule has 0 aliphatic heterocycles. The number of hydrazone groups is 1. The summed E-state index contributed by atoms with van der Waals surface area (Å²) in [6.07, 6.45) is 1.49. The van der Waals surface area contributed by atoms with Crippen LogP contribution in [0.25, 0.3) is 0 Å². The molecule has 32 heavy (non-hydrogen) atoms. The second kappa shape index (κ2) is 12.0. The summed E-state index contributed by atoms with van der Waals surface area (Å²) in [5.41, 5.74) is 4.08. The van der Waals surface area contributed by atoms with Crippen molar-refractivity contribution in [1.29, 1.82) is 0 Å². The Balaban J connectivity index is 1.57. The van der Waals surface area contributed by atoms with Crippen molar-refractivity contribution in [1.82, 2.24) is 5.43 Å². The number of hydrogen-bond acceptors (Lipinski definition) is 5. The third-order valence-electron chi connectivity index (χ3n) is 4.13. The summed E-state index contributed by atoms with van der Waals surface area (Å²) >= 11 is 19.5. The van der Waals surface area contributed by atoms with Gasteiger partial charge in [-0.15, -0.1) is 11.8 Å². The topological polar surface area (TPSA) is 59.9 Å². The second-order valence-corrected chi connectivity index (χ2v) is 8.81. The third kappa shape index (κ3) is 7.35. The Labute approximate surface area is 205 Å². The number of carbonyl (C=O) groups is 1. The standard InChI is InChI=1S/C23H19Cl3N2O3S/c1-30-21-11-16(10-20(26)23(21)31-13-15-2-4-17(24)5-3-15)12-27-28-22(29)14-32-19-8-6-18(25)7-9-19/h2-12H,13-14H2,1H3,(H,28,29)/b27-12-. The first-order valence-electron chi connectivity index (χ1n) is 9.39. The molecule has 5 nitrogen and oxygen atoms in total. The van der Waals surface area contributed by atoms with Crippen LogP contribution in [0.5, 0.6) is 11.5 Å². The minimum Gasteiger partial charge on any atom is -0.493 e. The Bertz CT molecular complexity index is 1090. The third-order valence-corrected chi connectivity index (χ3v) is 5.93. The molecule has 0 aromatic heterocycles. The van der Waals surface area contributed by atoms with Gasteiger partial charge in [0.2, 0.25) is 5.91 Å². The molecule has 3 rings (SSSR count). The van der Waals surface area contributed by atoms with E-state index in [1.807, 2.05) is 24.3 Å². The first-order valence-corrected chi connectivity index (χ1v) is 11.5. The summed E-state index contributed by atoms with van der Waals surface area (Å²) in [7, 11) is 1.53. The Hall–Kier alpha value is -2.38. The number of rotatable bonds is 9. The minimum atomic E-state index is -0.234. The van der Waals surface area contributed by atoms with Gasteiger partial charge >= 0.3 is 0 Å². The minimum absolute atomic E-state index is 0.223. The Morgan fingerprint density at radius 3 is 2.34 bits per heavy atom. The van der Waals surface area contributed by atoms with Crippen LogP contribution >= 0.6 is 46.6 Å². The monoisotopic (exact) mass is 508 g/mol. The lowest BCUT2D eigenvalue weighted by atomic mass is 10.2. The lowest BCUT2D eigenvalue weighted by molar-refractivity contribution is -0.118. The summed E-state index contributed by atoms with van der Waals surface area (Å²) in [5, 5.41) is 5.66. The van der Waals surface area contributed by atoms with E-state index in [0.29, 0.717) is 38.7 Å². The first-order chi connectivity index (χ1) is 15.4. The molecule has 1 amide bonds. The van der Waals surface area contributed by atoms with Crippen LogP contribution in [0.3, 0.4) is 0 Å². The van der Waals surface area contributed by atoms with Crippen LogP contribution in [0.1, 0.15) is 11.1 Å². The molecule has 0 unspecified atom stereocenters. The maximum absolute atomic E-state index is 12.0. The van der Waals surface area contributed by atoms with Crippen molar-refractivity contribution < 1.29 is 14.3 Å². The van der Waals surface area contributed by atoms with E-state index >= 15 is 0 Å². The molecule has 0 spiro atoms. The van der Waals surface area contributed by atoms with E-state index in [1.165, 1.54) is 25.1 Å². The molecule has 3 aromatic rings. The highest BCUT2D eigenvalue weighted by atomic mass is 35.5. The summed E-state index contributed by atoms with van der Waals surface area (Å²) in [5.74, 6) is 0.866. The molecule has 0 atom stereocenters. The summed E-state index contributed by atoms with van der Waals surface area (Å²) in [6.45, 7) is 0.308. The average molecular weight is 510 g/mol. The molecule has 9 heteroatoms. The molecule has 0 bridgehead atoms. The smallest absolute Gasteiger partial charge is 0.250 e. The molecule has 0 aliphatic carbocycles. The molecule has 0 aliphatic rings. The largest absolute Gasteiger partial charge is 0.493 e. The summed E-state index contributed by atoms with van der Waals surface area (Å²) < 4.78 is 11.2. The number of halogens is 3. The molecular formula is C23H19Cl3N2O3S. The van der Waals surface area contributed by atoms with Crippen LogP contribution in [-0.4, -0.2) is 25.0 Å². The number of thioether (sulfide) groups is 1. The molecule has 166 valence electrons. The van der Waals surface area contributed by atoms with Gasteiger partial charge in [0, 0.05) is 14.9 Å². The van der Waals surface area contributed by atoms with Gasteiger partial charge in [0.25, 0.3) is 0 Å². The van der Waals surface area contributed by atoms with Gasteiger partial charge in [0.15, 0.2) is 11.5 Å². The Morgan fingerprint density at radius 1 is 1.03 bits per heavy atom. The number of hydrogen-bond donors (Lipinski definition) is 1. The fourth-order valence-corrected chi connectivity index (χ4v) is 3.80. The van der Waals surface area contributed by atoms with Crippen molar-refractivity contribution in [2.45, 2.75) is 11.5 Å². The number of nitrogens with one attached hydrogen (secondary N) is 1. The van der Waals surface area contributed by atoms with E-state index < -0.39 is 0 Å². The van der Waals surface area contributed by atoms with Crippen molar-refractivity contribution in [3.8, 4) is 11.5 Å². The van der Waals surface area contributed by atoms with Crippen molar-refractivity contribution in [2.75, 3.05) is 12.9 Å². The molecule has 3 aromatic carbocycles. The van der Waals surface area contributed by atoms with E-state index in [0.717, 1.165) is 10.5 Å². The lowest BCUT2D eigenvalue weighted by Crippen LogP contribution is -2.19. The highest BCUT2D eigenvalue weighted by molar-refractivity contribution is 8.00. The number of amides is 1. The molecule has 0 heterocycles. The predicted molar refractivity (Wildman–Crippen MR) is 132 cm³/mol. The zero-order valence-corrected chi connectivity index (χ0v) is 20.1.